The topological polar surface area (TPSA) is 299 Å². The van der Waals surface area contributed by atoms with Crippen molar-refractivity contribution in [3.05, 3.63) is 29.8 Å². The molecule has 4 amide bonds. The number of aromatic carboxylic acids is 1. The van der Waals surface area contributed by atoms with Crippen LogP contribution in [0.25, 0.3) is 0 Å². The normalized spacial score (nSPS) is 12.3. The summed E-state index contributed by atoms with van der Waals surface area (Å²) in [6.45, 7) is 1.46. The third kappa shape index (κ3) is 28.3. The first-order chi connectivity index (χ1) is 28.8. The lowest BCUT2D eigenvalue weighted by Gasteiger charge is -2.17. The number of carbonyl (C=O) groups excluding carboxylic acids is 5. The lowest BCUT2D eigenvalue weighted by molar-refractivity contribution is -0.143. The van der Waals surface area contributed by atoms with Crippen molar-refractivity contribution >= 4 is 47.8 Å². The molecule has 0 bridgehead atoms. The van der Waals surface area contributed by atoms with Gasteiger partial charge in [-0.2, -0.15) is 0 Å². The second-order valence-corrected chi connectivity index (χ2v) is 14.3. The molecule has 9 N–H and O–H groups in total. The molecule has 19 nitrogen and oxygen atoms in total. The van der Waals surface area contributed by atoms with Crippen molar-refractivity contribution in [2.45, 2.75) is 127 Å². The number of rotatable bonds is 38. The van der Waals surface area contributed by atoms with Gasteiger partial charge in [0.05, 0.1) is 38.0 Å². The van der Waals surface area contributed by atoms with E-state index in [1.54, 1.807) is 12.1 Å². The van der Waals surface area contributed by atoms with Gasteiger partial charge in [-0.05, 0) is 69.2 Å². The number of nitrogens with one attached hydrogen (secondary N) is 4. The lowest BCUT2D eigenvalue weighted by Crippen LogP contribution is -2.44. The molecular weight excluding hydrogens is 786 g/mol. The number of ether oxygens (including phenoxy) is 3. The predicted octanol–water partition coefficient (Wildman–Crippen LogP) is 2.33. The van der Waals surface area contributed by atoms with Gasteiger partial charge in [0.15, 0.2) is 0 Å². The van der Waals surface area contributed by atoms with E-state index in [-0.39, 0.29) is 76.5 Å². The Hall–Kier alpha value is -5.14. The molecular formula is C41H65N5O14. The quantitative estimate of drug-likeness (QED) is 0.0350. The summed E-state index contributed by atoms with van der Waals surface area (Å²) in [5.74, 6) is -4.94. The Labute approximate surface area is 351 Å². The summed E-state index contributed by atoms with van der Waals surface area (Å²) in [7, 11) is 0. The summed E-state index contributed by atoms with van der Waals surface area (Å²) in [5.41, 5.74) is 5.72. The van der Waals surface area contributed by atoms with E-state index in [2.05, 4.69) is 21.3 Å². The van der Waals surface area contributed by atoms with Gasteiger partial charge in [0.2, 0.25) is 23.6 Å². The molecule has 0 aromatic heterocycles. The Balaban J connectivity index is 2.11. The molecule has 0 saturated heterocycles. The van der Waals surface area contributed by atoms with Crippen LogP contribution in [0.1, 0.15) is 120 Å². The van der Waals surface area contributed by atoms with Crippen molar-refractivity contribution < 1.29 is 67.9 Å². The minimum atomic E-state index is -1.38. The van der Waals surface area contributed by atoms with Crippen LogP contribution in [0.2, 0.25) is 0 Å². The summed E-state index contributed by atoms with van der Waals surface area (Å²) < 4.78 is 16.2. The standard InChI is InChI=1S/C41H65N5O14/c42-31(28-47)12-9-10-22-43-38(51)29-59-27-26-58-25-23-44-35(48)20-18-33(40(54)55)46-37(50)21-19-34(41(56)57)45-36(49)13-8-6-4-2-1-3-5-7-11-24-60-32-16-14-30(15-17-32)39(52)53/h14-17,28,31,33-34H,1-13,18-27,29,42H2,(H,43,51)(H,44,48)(H,45,49)(H,46,50)(H,52,53)(H,54,55)(H,56,57)/t31-,33-,34-/m0/s1. The molecule has 0 aliphatic heterocycles. The molecule has 338 valence electrons. The van der Waals surface area contributed by atoms with E-state index in [0.29, 0.717) is 50.9 Å². The molecule has 0 saturated carbocycles. The van der Waals surface area contributed by atoms with E-state index in [4.69, 9.17) is 25.1 Å². The predicted molar refractivity (Wildman–Crippen MR) is 218 cm³/mol. The Kier molecular flexibility index (Phi) is 29.7. The van der Waals surface area contributed by atoms with E-state index >= 15 is 0 Å². The second kappa shape index (κ2) is 33.7. The molecule has 0 unspecified atom stereocenters. The fraction of sp³-hybridized carbons (Fsp3) is 0.659. The van der Waals surface area contributed by atoms with Gasteiger partial charge in [0, 0.05) is 32.4 Å². The highest BCUT2D eigenvalue weighted by atomic mass is 16.5. The van der Waals surface area contributed by atoms with Crippen LogP contribution in [-0.4, -0.2) is 127 Å². The molecule has 0 aliphatic carbocycles. The van der Waals surface area contributed by atoms with Crippen molar-refractivity contribution in [1.29, 1.82) is 0 Å². The number of aliphatic carboxylic acids is 2. The van der Waals surface area contributed by atoms with Crippen LogP contribution in [0.4, 0.5) is 0 Å². The maximum Gasteiger partial charge on any atom is 0.335 e. The molecule has 0 spiro atoms. The number of carboxylic acids is 3. The summed E-state index contributed by atoms with van der Waals surface area (Å²) in [5, 5.41) is 38.0. The molecule has 3 atom stereocenters. The fourth-order valence-corrected chi connectivity index (χ4v) is 5.70. The third-order valence-electron chi connectivity index (χ3n) is 9.14. The molecule has 1 aromatic carbocycles. The lowest BCUT2D eigenvalue weighted by atomic mass is 10.1. The molecule has 0 radical (unpaired) electrons. The van der Waals surface area contributed by atoms with Gasteiger partial charge in [-0.15, -0.1) is 0 Å². The Morgan fingerprint density at radius 1 is 0.567 bits per heavy atom. The number of aldehydes is 1. The minimum Gasteiger partial charge on any atom is -0.494 e. The van der Waals surface area contributed by atoms with Crippen molar-refractivity contribution in [2.75, 3.05) is 46.1 Å². The first-order valence-electron chi connectivity index (χ1n) is 20.7. The monoisotopic (exact) mass is 851 g/mol. The van der Waals surface area contributed by atoms with E-state index in [1.165, 1.54) is 12.1 Å². The number of carbonyl (C=O) groups is 8. The fourth-order valence-electron chi connectivity index (χ4n) is 5.70. The highest BCUT2D eigenvalue weighted by molar-refractivity contribution is 5.88. The van der Waals surface area contributed by atoms with Crippen LogP contribution in [-0.2, 0) is 43.0 Å². The summed E-state index contributed by atoms with van der Waals surface area (Å²) in [4.78, 5) is 93.6. The smallest absolute Gasteiger partial charge is 0.335 e. The van der Waals surface area contributed by atoms with Gasteiger partial charge in [-0.25, -0.2) is 14.4 Å². The molecule has 1 rings (SSSR count). The zero-order valence-electron chi connectivity index (χ0n) is 34.5. The van der Waals surface area contributed by atoms with Crippen molar-refractivity contribution in [3.63, 3.8) is 0 Å². The largest absolute Gasteiger partial charge is 0.494 e. The van der Waals surface area contributed by atoms with Crippen LogP contribution in [0.15, 0.2) is 24.3 Å². The van der Waals surface area contributed by atoms with Gasteiger partial charge in [0.1, 0.15) is 30.7 Å². The first kappa shape index (κ1) is 52.9. The highest BCUT2D eigenvalue weighted by Gasteiger charge is 2.24. The van der Waals surface area contributed by atoms with E-state index < -0.39 is 53.8 Å². The van der Waals surface area contributed by atoms with Crippen LogP contribution >= 0.6 is 0 Å². The van der Waals surface area contributed by atoms with Gasteiger partial charge >= 0.3 is 17.9 Å². The van der Waals surface area contributed by atoms with E-state index in [9.17, 15) is 48.6 Å². The number of nitrogens with two attached hydrogens (primary N) is 1. The summed E-state index contributed by atoms with van der Waals surface area (Å²) >= 11 is 0. The van der Waals surface area contributed by atoms with Crippen molar-refractivity contribution in [3.8, 4) is 5.75 Å². The Morgan fingerprint density at radius 3 is 1.68 bits per heavy atom. The van der Waals surface area contributed by atoms with Crippen LogP contribution < -0.4 is 31.7 Å². The number of unbranched alkanes of at least 4 members (excludes halogenated alkanes) is 9. The zero-order chi connectivity index (χ0) is 44.4. The molecule has 0 heterocycles. The average molecular weight is 852 g/mol. The first-order valence-corrected chi connectivity index (χ1v) is 20.7. The number of benzene rings is 1. The van der Waals surface area contributed by atoms with Crippen LogP contribution in [0.5, 0.6) is 5.75 Å². The SMILES string of the molecule is N[C@H](C=O)CCCCNC(=O)COCCOCCNC(=O)CC[C@H](NC(=O)CC[C@H](NC(=O)CCCCCCCCCCCOc1ccc(C(=O)O)cc1)C(=O)O)C(=O)O. The van der Waals surface area contributed by atoms with E-state index in [0.717, 1.165) is 51.4 Å². The summed E-state index contributed by atoms with van der Waals surface area (Å²) in [6.07, 6.45) is 10.3. The number of hydrogen-bond acceptors (Lipinski definition) is 12. The van der Waals surface area contributed by atoms with Gasteiger partial charge in [-0.1, -0.05) is 44.9 Å². The van der Waals surface area contributed by atoms with E-state index in [1.807, 2.05) is 0 Å². The van der Waals surface area contributed by atoms with Gasteiger partial charge in [0.25, 0.3) is 0 Å². The number of hydrogen-bond donors (Lipinski definition) is 8. The maximum atomic E-state index is 12.5. The van der Waals surface area contributed by atoms with Gasteiger partial charge in [-0.3, -0.25) is 19.2 Å². The Morgan fingerprint density at radius 2 is 1.10 bits per heavy atom. The Bertz CT molecular complexity index is 1450. The maximum absolute atomic E-state index is 12.5. The summed E-state index contributed by atoms with van der Waals surface area (Å²) in [6, 6.07) is 3.12. The number of carboxylic acid groups (broad SMARTS) is 3. The molecule has 60 heavy (non-hydrogen) atoms. The minimum absolute atomic E-state index is 0.135. The molecule has 0 fully saturated rings. The number of amides is 4. The van der Waals surface area contributed by atoms with Crippen molar-refractivity contribution in [1.82, 2.24) is 21.3 Å². The van der Waals surface area contributed by atoms with Crippen LogP contribution in [0.3, 0.4) is 0 Å². The molecule has 0 aliphatic rings. The highest BCUT2D eigenvalue weighted by Crippen LogP contribution is 2.14. The van der Waals surface area contributed by atoms with Crippen LogP contribution in [0, 0.1) is 0 Å². The molecule has 1 aromatic rings. The molecule has 19 heteroatoms. The van der Waals surface area contributed by atoms with Crippen molar-refractivity contribution in [2.24, 2.45) is 5.73 Å². The second-order valence-electron chi connectivity index (χ2n) is 14.3. The van der Waals surface area contributed by atoms with Gasteiger partial charge < -0.3 is 61.3 Å². The third-order valence-corrected chi connectivity index (χ3v) is 9.14. The zero-order valence-corrected chi connectivity index (χ0v) is 34.5. The average Bonchev–Trinajstić information content (AvgIpc) is 3.21.